The molecule has 0 bridgehead atoms. The highest BCUT2D eigenvalue weighted by molar-refractivity contribution is 5.79. The molecule has 8 nitrogen and oxygen atoms in total. The molecule has 8 heteroatoms. The van der Waals surface area contributed by atoms with Crippen LogP contribution in [0.5, 0.6) is 11.5 Å². The van der Waals surface area contributed by atoms with E-state index in [-0.39, 0.29) is 23.8 Å². The summed E-state index contributed by atoms with van der Waals surface area (Å²) in [6, 6.07) is 19.3. The molecule has 34 heavy (non-hydrogen) atoms. The summed E-state index contributed by atoms with van der Waals surface area (Å²) in [5.74, 6) is -1.13. The number of ether oxygens (including phenoxy) is 3. The Balaban J connectivity index is 1.56. The number of carbonyl (C=O) groups is 2. The SMILES string of the molecule is COc1cccc([C@H](NC(=O)OCC2c3ccccc3-c3ccccc32)[C@H](O)C(=O)O)c1OC. The van der Waals surface area contributed by atoms with Crippen molar-refractivity contribution in [3.63, 3.8) is 0 Å². The van der Waals surface area contributed by atoms with Crippen molar-refractivity contribution in [1.82, 2.24) is 5.32 Å². The van der Waals surface area contributed by atoms with Crippen LogP contribution in [0.2, 0.25) is 0 Å². The number of benzene rings is 3. The fraction of sp³-hybridized carbons (Fsp3) is 0.231. The van der Waals surface area contributed by atoms with Crippen LogP contribution >= 0.6 is 0 Å². The predicted molar refractivity (Wildman–Crippen MR) is 124 cm³/mol. The number of alkyl carbamates (subject to hydrolysis) is 1. The molecular weight excluding hydrogens is 438 g/mol. The number of hydrogen-bond acceptors (Lipinski definition) is 6. The second kappa shape index (κ2) is 9.84. The zero-order valence-electron chi connectivity index (χ0n) is 18.7. The molecule has 3 aromatic carbocycles. The molecule has 0 unspecified atom stereocenters. The second-order valence-corrected chi connectivity index (χ2v) is 7.81. The fourth-order valence-electron chi connectivity index (χ4n) is 4.39. The van der Waals surface area contributed by atoms with Gasteiger partial charge in [-0.3, -0.25) is 0 Å². The summed E-state index contributed by atoms with van der Waals surface area (Å²) >= 11 is 0. The Morgan fingerprint density at radius 1 is 0.912 bits per heavy atom. The van der Waals surface area contributed by atoms with Gasteiger partial charge >= 0.3 is 12.1 Å². The van der Waals surface area contributed by atoms with Gasteiger partial charge in [-0.15, -0.1) is 0 Å². The van der Waals surface area contributed by atoms with E-state index in [0.717, 1.165) is 22.3 Å². The maximum absolute atomic E-state index is 12.8. The Kier molecular flexibility index (Phi) is 6.70. The maximum Gasteiger partial charge on any atom is 0.407 e. The van der Waals surface area contributed by atoms with Crippen LogP contribution in [0.3, 0.4) is 0 Å². The zero-order chi connectivity index (χ0) is 24.2. The first-order valence-electron chi connectivity index (χ1n) is 10.7. The monoisotopic (exact) mass is 463 g/mol. The Hall–Kier alpha value is -4.04. The number of aliphatic carboxylic acids is 1. The number of carbonyl (C=O) groups excluding carboxylic acids is 1. The molecule has 1 aliphatic rings. The number of para-hydroxylation sites is 1. The number of methoxy groups -OCH3 is 2. The van der Waals surface area contributed by atoms with E-state index in [2.05, 4.69) is 5.32 Å². The van der Waals surface area contributed by atoms with Gasteiger partial charge in [-0.25, -0.2) is 9.59 Å². The first-order valence-corrected chi connectivity index (χ1v) is 10.7. The summed E-state index contributed by atoms with van der Waals surface area (Å²) in [5.41, 5.74) is 4.52. The van der Waals surface area contributed by atoms with Crippen molar-refractivity contribution in [3.05, 3.63) is 83.4 Å². The van der Waals surface area contributed by atoms with Crippen LogP contribution in [0.1, 0.15) is 28.7 Å². The summed E-state index contributed by atoms with van der Waals surface area (Å²) in [6.45, 7) is 0.0466. The van der Waals surface area contributed by atoms with Crippen molar-refractivity contribution in [2.24, 2.45) is 0 Å². The van der Waals surface area contributed by atoms with Crippen LogP contribution in [0.4, 0.5) is 4.79 Å². The molecule has 3 aromatic rings. The van der Waals surface area contributed by atoms with Gasteiger partial charge in [0.2, 0.25) is 0 Å². The number of aliphatic hydroxyl groups excluding tert-OH is 1. The van der Waals surface area contributed by atoms with Gasteiger partial charge in [0, 0.05) is 11.5 Å². The standard InChI is InChI=1S/C26H25NO7/c1-32-21-13-7-12-19(24(21)33-2)22(23(28)25(29)30)27-26(31)34-14-20-17-10-5-3-8-15(17)16-9-4-6-11-18(16)20/h3-13,20,22-23,28H,14H2,1-2H3,(H,27,31)(H,29,30)/t22-,23-/m0/s1. The lowest BCUT2D eigenvalue weighted by atomic mass is 9.98. The first kappa shape index (κ1) is 23.1. The molecule has 0 heterocycles. The highest BCUT2D eigenvalue weighted by Crippen LogP contribution is 2.44. The summed E-state index contributed by atoms with van der Waals surface area (Å²) in [6.07, 6.45) is -2.81. The highest BCUT2D eigenvalue weighted by atomic mass is 16.5. The lowest BCUT2D eigenvalue weighted by Gasteiger charge is -2.24. The molecule has 2 atom stereocenters. The van der Waals surface area contributed by atoms with E-state index >= 15 is 0 Å². The predicted octanol–water partition coefficient (Wildman–Crippen LogP) is 3.73. The van der Waals surface area contributed by atoms with Crippen molar-refractivity contribution in [3.8, 4) is 22.6 Å². The molecular formula is C26H25NO7. The van der Waals surface area contributed by atoms with Crippen molar-refractivity contribution < 1.29 is 34.0 Å². The number of nitrogens with one attached hydrogen (secondary N) is 1. The average molecular weight is 463 g/mol. The molecule has 1 aliphatic carbocycles. The van der Waals surface area contributed by atoms with Gasteiger partial charge in [-0.2, -0.15) is 0 Å². The van der Waals surface area contributed by atoms with E-state index < -0.39 is 24.2 Å². The first-order chi connectivity index (χ1) is 16.5. The molecule has 0 aromatic heterocycles. The van der Waals surface area contributed by atoms with Gasteiger partial charge in [-0.05, 0) is 28.3 Å². The molecule has 176 valence electrons. The van der Waals surface area contributed by atoms with E-state index in [1.54, 1.807) is 18.2 Å². The normalized spacial score (nSPS) is 13.9. The molecule has 0 fully saturated rings. The lowest BCUT2D eigenvalue weighted by Crippen LogP contribution is -2.41. The van der Waals surface area contributed by atoms with Crippen molar-refractivity contribution in [2.75, 3.05) is 20.8 Å². The van der Waals surface area contributed by atoms with Crippen LogP contribution in [-0.2, 0) is 9.53 Å². The van der Waals surface area contributed by atoms with E-state index in [0.29, 0.717) is 5.75 Å². The summed E-state index contributed by atoms with van der Waals surface area (Å²) < 4.78 is 16.1. The van der Waals surface area contributed by atoms with Gasteiger partial charge in [0.05, 0.1) is 20.3 Å². The number of carboxylic acids is 1. The minimum absolute atomic E-state index is 0.0466. The Morgan fingerprint density at radius 2 is 1.53 bits per heavy atom. The number of carboxylic acid groups (broad SMARTS) is 1. The number of aliphatic hydroxyl groups is 1. The van der Waals surface area contributed by atoms with Crippen LogP contribution in [0.25, 0.3) is 11.1 Å². The third kappa shape index (κ3) is 4.27. The van der Waals surface area contributed by atoms with Gasteiger partial charge in [0.15, 0.2) is 17.6 Å². The molecule has 0 aliphatic heterocycles. The third-order valence-corrected chi connectivity index (χ3v) is 5.95. The molecule has 0 spiro atoms. The van der Waals surface area contributed by atoms with Gasteiger partial charge in [0.25, 0.3) is 0 Å². The number of fused-ring (bicyclic) bond motifs is 3. The van der Waals surface area contributed by atoms with Crippen LogP contribution < -0.4 is 14.8 Å². The largest absolute Gasteiger partial charge is 0.493 e. The summed E-state index contributed by atoms with van der Waals surface area (Å²) in [5, 5.41) is 22.3. The Labute approximate surface area is 196 Å². The average Bonchev–Trinajstić information content (AvgIpc) is 3.18. The second-order valence-electron chi connectivity index (χ2n) is 7.81. The van der Waals surface area contributed by atoms with Crippen molar-refractivity contribution in [1.29, 1.82) is 0 Å². The number of amides is 1. The topological polar surface area (TPSA) is 114 Å². The number of hydrogen-bond donors (Lipinski definition) is 3. The van der Waals surface area contributed by atoms with Gasteiger partial charge < -0.3 is 29.7 Å². The zero-order valence-corrected chi connectivity index (χ0v) is 18.7. The van der Waals surface area contributed by atoms with E-state index in [1.165, 1.54) is 14.2 Å². The van der Waals surface area contributed by atoms with Gasteiger partial charge in [-0.1, -0.05) is 60.7 Å². The summed E-state index contributed by atoms with van der Waals surface area (Å²) in [7, 11) is 2.82. The Morgan fingerprint density at radius 3 is 2.09 bits per heavy atom. The quantitative estimate of drug-likeness (QED) is 0.466. The summed E-state index contributed by atoms with van der Waals surface area (Å²) in [4.78, 5) is 24.4. The fourth-order valence-corrected chi connectivity index (χ4v) is 4.39. The lowest BCUT2D eigenvalue weighted by molar-refractivity contribution is -0.148. The molecule has 0 saturated heterocycles. The van der Waals surface area contributed by atoms with Crippen LogP contribution in [-0.4, -0.2) is 49.2 Å². The molecule has 0 radical (unpaired) electrons. The Bertz CT molecular complexity index is 1160. The van der Waals surface area contributed by atoms with Crippen molar-refractivity contribution in [2.45, 2.75) is 18.1 Å². The minimum Gasteiger partial charge on any atom is -0.493 e. The molecule has 3 N–H and O–H groups in total. The number of rotatable bonds is 8. The van der Waals surface area contributed by atoms with Crippen LogP contribution in [0.15, 0.2) is 66.7 Å². The van der Waals surface area contributed by atoms with Crippen LogP contribution in [0, 0.1) is 0 Å². The highest BCUT2D eigenvalue weighted by Gasteiger charge is 2.34. The molecule has 4 rings (SSSR count). The minimum atomic E-state index is -1.94. The third-order valence-electron chi connectivity index (χ3n) is 5.95. The smallest absolute Gasteiger partial charge is 0.407 e. The van der Waals surface area contributed by atoms with Gasteiger partial charge in [0.1, 0.15) is 6.61 Å². The van der Waals surface area contributed by atoms with E-state index in [9.17, 15) is 19.8 Å². The maximum atomic E-state index is 12.8. The van der Waals surface area contributed by atoms with E-state index in [1.807, 2.05) is 48.5 Å². The van der Waals surface area contributed by atoms with E-state index in [4.69, 9.17) is 14.2 Å². The van der Waals surface area contributed by atoms with Crippen molar-refractivity contribution >= 4 is 12.1 Å². The molecule has 0 saturated carbocycles. The molecule has 1 amide bonds.